The van der Waals surface area contributed by atoms with E-state index in [1.165, 1.54) is 0 Å². The molecule has 2 aliphatic heterocycles. The van der Waals surface area contributed by atoms with Gasteiger partial charge in [-0.15, -0.1) is 0 Å². The summed E-state index contributed by atoms with van der Waals surface area (Å²) in [6, 6.07) is 0. The Morgan fingerprint density at radius 2 is 1.06 bits per heavy atom. The molecule has 2 saturated heterocycles. The lowest BCUT2D eigenvalue weighted by Crippen LogP contribution is -2.16. The van der Waals surface area contributed by atoms with Crippen molar-refractivity contribution in [3.05, 3.63) is 0 Å². The van der Waals surface area contributed by atoms with Crippen LogP contribution in [0.1, 0.15) is 0 Å². The largest absolute Gasteiger partial charge is 0.229 e. The molecule has 0 N–H and O–H groups in total. The van der Waals surface area contributed by atoms with Crippen LogP contribution in [0.4, 0.5) is 0 Å². The number of halogens is 2. The first-order valence-corrected chi connectivity index (χ1v) is 13.6. The standard InChI is InChI=1S/C8H12I2O4S4/c9-5-1-17(11,12)3-7(5)15-16-8-4-18(13,14)2-6(8)10/h5-8H,1-4H2/t5-,6-,7+,8+/m0/s1. The highest BCUT2D eigenvalue weighted by Crippen LogP contribution is 2.43. The van der Waals surface area contributed by atoms with E-state index in [0.717, 1.165) is 0 Å². The molecular formula is C8H12I2O4S4. The lowest BCUT2D eigenvalue weighted by atomic mass is 10.4. The molecule has 0 radical (unpaired) electrons. The Morgan fingerprint density at radius 3 is 1.28 bits per heavy atom. The maximum absolute atomic E-state index is 11.5. The second-order valence-electron chi connectivity index (χ2n) is 4.46. The van der Waals surface area contributed by atoms with E-state index in [2.05, 4.69) is 45.2 Å². The molecule has 0 unspecified atom stereocenters. The van der Waals surface area contributed by atoms with E-state index in [1.807, 2.05) is 0 Å². The zero-order valence-corrected chi connectivity index (χ0v) is 16.7. The summed E-state index contributed by atoms with van der Waals surface area (Å²) in [7, 11) is -2.66. The molecule has 0 spiro atoms. The normalized spacial score (nSPS) is 42.1. The summed E-state index contributed by atoms with van der Waals surface area (Å²) in [6.45, 7) is 0. The van der Waals surface area contributed by atoms with Gasteiger partial charge in [-0.25, -0.2) is 16.8 Å². The van der Waals surface area contributed by atoms with E-state index >= 15 is 0 Å². The Morgan fingerprint density at radius 1 is 0.722 bits per heavy atom. The van der Waals surface area contributed by atoms with Crippen LogP contribution in [0.25, 0.3) is 0 Å². The molecule has 0 aromatic heterocycles. The van der Waals surface area contributed by atoms with Crippen LogP contribution in [0.15, 0.2) is 0 Å². The third-order valence-electron chi connectivity index (χ3n) is 2.77. The number of hydrogen-bond donors (Lipinski definition) is 0. The van der Waals surface area contributed by atoms with Gasteiger partial charge in [0.2, 0.25) is 0 Å². The van der Waals surface area contributed by atoms with Gasteiger partial charge >= 0.3 is 0 Å². The van der Waals surface area contributed by atoms with E-state index in [1.54, 1.807) is 21.6 Å². The summed E-state index contributed by atoms with van der Waals surface area (Å²) in [4.78, 5) is 0. The Hall–Kier alpha value is 2.06. The molecule has 0 aromatic carbocycles. The van der Waals surface area contributed by atoms with E-state index in [4.69, 9.17) is 0 Å². The molecule has 106 valence electrons. The SMILES string of the molecule is O=S1(=O)C[C@H](I)[C@H](SS[C@@H]2CS(=O)(=O)C[C@@H]2I)C1. The highest BCUT2D eigenvalue weighted by atomic mass is 127. The molecule has 18 heavy (non-hydrogen) atoms. The molecule has 0 amide bonds. The summed E-state index contributed by atoms with van der Waals surface area (Å²) >= 11 is 4.37. The van der Waals surface area contributed by atoms with Crippen LogP contribution in [0, 0.1) is 0 Å². The minimum absolute atomic E-state index is 0.0903. The molecule has 0 saturated carbocycles. The van der Waals surface area contributed by atoms with Crippen molar-refractivity contribution in [2.45, 2.75) is 18.3 Å². The second kappa shape index (κ2) is 6.05. The molecular weight excluding hydrogens is 542 g/mol. The highest BCUT2D eigenvalue weighted by molar-refractivity contribution is 14.1. The minimum Gasteiger partial charge on any atom is -0.229 e. The Kier molecular flexibility index (Phi) is 5.52. The molecule has 2 aliphatic rings. The fourth-order valence-electron chi connectivity index (χ4n) is 1.86. The van der Waals surface area contributed by atoms with Crippen molar-refractivity contribution in [1.82, 2.24) is 0 Å². The molecule has 4 nitrogen and oxygen atoms in total. The highest BCUT2D eigenvalue weighted by Gasteiger charge is 2.40. The van der Waals surface area contributed by atoms with Gasteiger partial charge in [0.1, 0.15) is 0 Å². The number of alkyl halides is 2. The number of rotatable bonds is 3. The average molecular weight is 554 g/mol. The van der Waals surface area contributed by atoms with E-state index < -0.39 is 19.7 Å². The van der Waals surface area contributed by atoms with Crippen LogP contribution < -0.4 is 0 Å². The lowest BCUT2D eigenvalue weighted by Gasteiger charge is -2.15. The molecule has 0 bridgehead atoms. The van der Waals surface area contributed by atoms with Crippen molar-refractivity contribution >= 4 is 86.4 Å². The third-order valence-corrected chi connectivity index (χ3v) is 14.9. The maximum atomic E-state index is 11.5. The van der Waals surface area contributed by atoms with Crippen molar-refractivity contribution in [3.8, 4) is 0 Å². The maximum Gasteiger partial charge on any atom is 0.152 e. The quantitative estimate of drug-likeness (QED) is 0.300. The zero-order chi connectivity index (χ0) is 13.6. The fourth-order valence-corrected chi connectivity index (χ4v) is 16.9. The van der Waals surface area contributed by atoms with Gasteiger partial charge < -0.3 is 0 Å². The number of sulfone groups is 2. The molecule has 2 fully saturated rings. The summed E-state index contributed by atoms with van der Waals surface area (Å²) in [5.41, 5.74) is 0. The van der Waals surface area contributed by atoms with Crippen molar-refractivity contribution in [2.75, 3.05) is 23.0 Å². The van der Waals surface area contributed by atoms with E-state index in [9.17, 15) is 16.8 Å². The smallest absolute Gasteiger partial charge is 0.152 e. The van der Waals surface area contributed by atoms with Gasteiger partial charge in [0.25, 0.3) is 0 Å². The predicted octanol–water partition coefficient (Wildman–Crippen LogP) is 1.57. The topological polar surface area (TPSA) is 68.3 Å². The first kappa shape index (κ1) is 16.4. The summed E-state index contributed by atoms with van der Waals surface area (Å²) < 4.78 is 46.2. The van der Waals surface area contributed by atoms with Crippen LogP contribution in [0.5, 0.6) is 0 Å². The van der Waals surface area contributed by atoms with Gasteiger partial charge in [-0.3, -0.25) is 0 Å². The molecule has 2 rings (SSSR count). The van der Waals surface area contributed by atoms with Crippen LogP contribution in [0.3, 0.4) is 0 Å². The first-order chi connectivity index (χ1) is 8.19. The van der Waals surface area contributed by atoms with Crippen LogP contribution in [-0.4, -0.2) is 58.2 Å². The monoisotopic (exact) mass is 554 g/mol. The van der Waals surface area contributed by atoms with E-state index in [0.29, 0.717) is 0 Å². The molecule has 10 heteroatoms. The number of hydrogen-bond acceptors (Lipinski definition) is 6. The summed E-state index contributed by atoms with van der Waals surface area (Å²) in [5.74, 6) is 0.956. The van der Waals surface area contributed by atoms with Gasteiger partial charge in [-0.1, -0.05) is 66.8 Å². The van der Waals surface area contributed by atoms with Crippen LogP contribution in [0.2, 0.25) is 0 Å². The molecule has 4 atom stereocenters. The van der Waals surface area contributed by atoms with Gasteiger partial charge in [0.05, 0.1) is 23.0 Å². The second-order valence-corrected chi connectivity index (χ2v) is 14.7. The minimum atomic E-state index is -2.89. The predicted molar refractivity (Wildman–Crippen MR) is 95.7 cm³/mol. The van der Waals surface area contributed by atoms with Crippen LogP contribution in [-0.2, 0) is 19.7 Å². The molecule has 0 aliphatic carbocycles. The van der Waals surface area contributed by atoms with Gasteiger partial charge in [-0.05, 0) is 0 Å². The van der Waals surface area contributed by atoms with Crippen molar-refractivity contribution in [1.29, 1.82) is 0 Å². The van der Waals surface area contributed by atoms with E-state index in [-0.39, 0.29) is 41.4 Å². The van der Waals surface area contributed by atoms with Crippen LogP contribution >= 0.6 is 66.8 Å². The van der Waals surface area contributed by atoms with Gasteiger partial charge in [0.15, 0.2) is 19.7 Å². The van der Waals surface area contributed by atoms with Crippen molar-refractivity contribution in [2.24, 2.45) is 0 Å². The summed E-state index contributed by atoms with van der Waals surface area (Å²) in [6.07, 6.45) is 0. The first-order valence-electron chi connectivity index (χ1n) is 5.20. The summed E-state index contributed by atoms with van der Waals surface area (Å²) in [5, 5.41) is 0.181. The van der Waals surface area contributed by atoms with Crippen molar-refractivity contribution in [3.63, 3.8) is 0 Å². The Balaban J connectivity index is 1.90. The van der Waals surface area contributed by atoms with Gasteiger partial charge in [-0.2, -0.15) is 0 Å². The lowest BCUT2D eigenvalue weighted by molar-refractivity contribution is 0.600. The zero-order valence-electron chi connectivity index (χ0n) is 9.16. The van der Waals surface area contributed by atoms with Gasteiger partial charge in [0, 0.05) is 18.3 Å². The Labute approximate surface area is 143 Å². The third kappa shape index (κ3) is 4.28. The average Bonchev–Trinajstić information content (AvgIpc) is 2.59. The molecule has 2 heterocycles. The van der Waals surface area contributed by atoms with Crippen molar-refractivity contribution < 1.29 is 16.8 Å². The fraction of sp³-hybridized carbons (Fsp3) is 1.00. The molecule has 0 aromatic rings. The Bertz CT molecular complexity index is 469.